The van der Waals surface area contributed by atoms with Crippen LogP contribution in [0, 0.1) is 0 Å². The minimum Gasteiger partial charge on any atom is -0.347 e. The molecule has 0 unspecified atom stereocenters. The molecule has 27 heavy (non-hydrogen) atoms. The Balaban J connectivity index is 2.01. The molecule has 2 heterocycles. The van der Waals surface area contributed by atoms with Crippen molar-refractivity contribution in [3.8, 4) is 0 Å². The molecule has 0 bridgehead atoms. The number of halogens is 3. The number of piperidine rings is 1. The van der Waals surface area contributed by atoms with E-state index in [1.807, 2.05) is 24.3 Å². The zero-order valence-corrected chi connectivity index (χ0v) is 17.2. The van der Waals surface area contributed by atoms with Gasteiger partial charge in [0.1, 0.15) is 5.41 Å². The second-order valence-corrected chi connectivity index (χ2v) is 8.66. The molecule has 0 radical (unpaired) electrons. The zero-order valence-electron chi connectivity index (χ0n) is 14.1. The first-order valence-corrected chi connectivity index (χ1v) is 9.89. The Morgan fingerprint density at radius 3 is 2.59 bits per heavy atom. The van der Waals surface area contributed by atoms with Gasteiger partial charge in [-0.25, -0.2) is 0 Å². The highest BCUT2D eigenvalue weighted by molar-refractivity contribution is 9.11. The monoisotopic (exact) mass is 464 g/mol. The van der Waals surface area contributed by atoms with Crippen LogP contribution in [-0.4, -0.2) is 17.9 Å². The molecule has 2 aliphatic heterocycles. The molecule has 3 atom stereocenters. The van der Waals surface area contributed by atoms with Crippen molar-refractivity contribution in [1.82, 2.24) is 5.32 Å². The number of amides is 2. The van der Waals surface area contributed by atoms with E-state index >= 15 is 0 Å². The third-order valence-corrected chi connectivity index (χ3v) is 6.24. The molecule has 0 aliphatic carbocycles. The number of nitrogens with one attached hydrogen (secondary N) is 2. The van der Waals surface area contributed by atoms with Crippen molar-refractivity contribution in [2.45, 2.75) is 23.8 Å². The Morgan fingerprint density at radius 2 is 1.89 bits per heavy atom. The molecule has 1 fully saturated rings. The second-order valence-electron chi connectivity index (χ2n) is 6.77. The van der Waals surface area contributed by atoms with E-state index in [-0.39, 0.29) is 18.2 Å². The molecule has 1 saturated heterocycles. The molecule has 2 aromatic rings. The van der Waals surface area contributed by atoms with Gasteiger partial charge in [-0.3, -0.25) is 9.59 Å². The Bertz CT molecular complexity index is 994. The van der Waals surface area contributed by atoms with E-state index in [1.165, 1.54) is 0 Å². The highest BCUT2D eigenvalue weighted by Crippen LogP contribution is 2.54. The molecule has 2 amide bonds. The highest BCUT2D eigenvalue weighted by Gasteiger charge is 2.61. The number of carbonyl (C=O) groups is 2. The second kappa shape index (κ2) is 6.66. The number of benzene rings is 2. The van der Waals surface area contributed by atoms with Crippen molar-refractivity contribution < 1.29 is 9.59 Å². The Labute approximate surface area is 175 Å². The van der Waals surface area contributed by atoms with Crippen molar-refractivity contribution in [3.05, 3.63) is 74.7 Å². The summed E-state index contributed by atoms with van der Waals surface area (Å²) in [5.41, 5.74) is 1.20. The molecule has 0 saturated carbocycles. The van der Waals surface area contributed by atoms with Gasteiger partial charge in [-0.05, 0) is 35.4 Å². The van der Waals surface area contributed by atoms with Gasteiger partial charge in [-0.1, -0.05) is 63.9 Å². The minimum absolute atomic E-state index is 0.147. The summed E-state index contributed by atoms with van der Waals surface area (Å²) in [5.74, 6) is -0.756. The molecule has 0 aromatic heterocycles. The number of fused-ring (bicyclic) bond motifs is 2. The number of hydrogen-bond acceptors (Lipinski definition) is 2. The van der Waals surface area contributed by atoms with E-state index in [4.69, 9.17) is 23.2 Å². The maximum Gasteiger partial charge on any atom is 0.238 e. The summed E-state index contributed by atoms with van der Waals surface area (Å²) in [7, 11) is 0. The summed E-state index contributed by atoms with van der Waals surface area (Å²) in [6.45, 7) is 3.97. The topological polar surface area (TPSA) is 58.2 Å². The summed E-state index contributed by atoms with van der Waals surface area (Å²) in [6.07, 6.45) is 0.159. The van der Waals surface area contributed by atoms with Gasteiger partial charge in [0.15, 0.2) is 0 Å². The summed E-state index contributed by atoms with van der Waals surface area (Å²) in [5, 5.41) is 6.96. The third kappa shape index (κ3) is 2.80. The van der Waals surface area contributed by atoms with Gasteiger partial charge >= 0.3 is 0 Å². The molecular weight excluding hydrogens is 451 g/mol. The predicted molar refractivity (Wildman–Crippen MR) is 111 cm³/mol. The van der Waals surface area contributed by atoms with E-state index in [9.17, 15) is 9.59 Å². The standard InChI is InChI=1S/C20H15BrCl2N2O2/c1-10(21)18-20(14-6-5-13(23)8-16(14)24-19(20)27)15(9-17(26)25-18)11-3-2-4-12(22)7-11/h2-8,15,18H,1,9H2,(H,24,27)(H,25,26)/t15-,18+,20-/m0/s1. The van der Waals surface area contributed by atoms with Gasteiger partial charge in [0.2, 0.25) is 11.8 Å². The Morgan fingerprint density at radius 1 is 1.15 bits per heavy atom. The molecule has 2 aliphatic rings. The van der Waals surface area contributed by atoms with Crippen LogP contribution in [0.4, 0.5) is 5.69 Å². The average Bonchev–Trinajstić information content (AvgIpc) is 2.88. The van der Waals surface area contributed by atoms with Crippen LogP contribution in [0.1, 0.15) is 23.5 Å². The van der Waals surface area contributed by atoms with E-state index in [2.05, 4.69) is 33.1 Å². The maximum atomic E-state index is 13.4. The first kappa shape index (κ1) is 18.5. The van der Waals surface area contributed by atoms with Gasteiger partial charge in [0, 0.05) is 32.6 Å². The smallest absolute Gasteiger partial charge is 0.238 e. The third-order valence-electron chi connectivity index (χ3n) is 5.32. The van der Waals surface area contributed by atoms with Crippen LogP contribution in [0.15, 0.2) is 53.5 Å². The Kier molecular flexibility index (Phi) is 4.57. The fourth-order valence-corrected chi connectivity index (χ4v) is 5.12. The number of anilines is 1. The van der Waals surface area contributed by atoms with Crippen LogP contribution < -0.4 is 10.6 Å². The maximum absolute atomic E-state index is 13.4. The fraction of sp³-hybridized carbons (Fsp3) is 0.200. The summed E-state index contributed by atoms with van der Waals surface area (Å²) >= 11 is 15.8. The predicted octanol–water partition coefficient (Wildman–Crippen LogP) is 4.76. The van der Waals surface area contributed by atoms with Crippen LogP contribution in [0.5, 0.6) is 0 Å². The zero-order chi connectivity index (χ0) is 19.3. The lowest BCUT2D eigenvalue weighted by Gasteiger charge is -2.46. The van der Waals surface area contributed by atoms with Gasteiger partial charge < -0.3 is 10.6 Å². The van der Waals surface area contributed by atoms with E-state index in [0.717, 1.165) is 11.1 Å². The minimum atomic E-state index is -1.06. The summed E-state index contributed by atoms with van der Waals surface area (Å²) in [4.78, 5) is 25.9. The molecular formula is C20H15BrCl2N2O2. The number of carbonyl (C=O) groups excluding carboxylic acids is 2. The van der Waals surface area contributed by atoms with Crippen LogP contribution in [0.25, 0.3) is 0 Å². The summed E-state index contributed by atoms with van der Waals surface area (Å²) < 4.78 is 0.528. The largest absolute Gasteiger partial charge is 0.347 e. The van der Waals surface area contributed by atoms with Crippen molar-refractivity contribution in [2.75, 3.05) is 5.32 Å². The van der Waals surface area contributed by atoms with E-state index in [0.29, 0.717) is 20.2 Å². The fourth-order valence-electron chi connectivity index (χ4n) is 4.27. The lowest BCUT2D eigenvalue weighted by Crippen LogP contribution is -2.61. The first-order valence-electron chi connectivity index (χ1n) is 8.34. The van der Waals surface area contributed by atoms with Gasteiger partial charge in [-0.15, -0.1) is 0 Å². The summed E-state index contributed by atoms with van der Waals surface area (Å²) in [6, 6.07) is 12.0. The molecule has 138 valence electrons. The average molecular weight is 466 g/mol. The van der Waals surface area contributed by atoms with Crippen LogP contribution in [0.2, 0.25) is 10.0 Å². The van der Waals surface area contributed by atoms with E-state index in [1.54, 1.807) is 18.2 Å². The van der Waals surface area contributed by atoms with Crippen molar-refractivity contribution in [2.24, 2.45) is 0 Å². The highest BCUT2D eigenvalue weighted by atomic mass is 79.9. The van der Waals surface area contributed by atoms with Gasteiger partial charge in [0.05, 0.1) is 6.04 Å². The normalized spacial score (nSPS) is 26.5. The van der Waals surface area contributed by atoms with Crippen molar-refractivity contribution in [1.29, 1.82) is 0 Å². The lowest BCUT2D eigenvalue weighted by atomic mass is 9.60. The molecule has 2 N–H and O–H groups in total. The van der Waals surface area contributed by atoms with Crippen LogP contribution >= 0.6 is 39.1 Å². The van der Waals surface area contributed by atoms with Crippen molar-refractivity contribution >= 4 is 56.6 Å². The van der Waals surface area contributed by atoms with Gasteiger partial charge in [-0.2, -0.15) is 0 Å². The van der Waals surface area contributed by atoms with E-state index < -0.39 is 17.4 Å². The SMILES string of the molecule is C=C(Br)[C@H]1NC(=O)C[C@@H](c2cccc(Cl)c2)[C@]12C(=O)Nc1cc(Cl)ccc12. The molecule has 4 rings (SSSR count). The van der Waals surface area contributed by atoms with Crippen LogP contribution in [-0.2, 0) is 15.0 Å². The molecule has 4 nitrogen and oxygen atoms in total. The lowest BCUT2D eigenvalue weighted by molar-refractivity contribution is -0.130. The van der Waals surface area contributed by atoms with Crippen LogP contribution in [0.3, 0.4) is 0 Å². The first-order chi connectivity index (χ1) is 12.8. The molecule has 2 aromatic carbocycles. The molecule has 1 spiro atoms. The quantitative estimate of drug-likeness (QED) is 0.671. The van der Waals surface area contributed by atoms with Crippen molar-refractivity contribution in [3.63, 3.8) is 0 Å². The van der Waals surface area contributed by atoms with Gasteiger partial charge in [0.25, 0.3) is 0 Å². The number of rotatable bonds is 2. The number of hydrogen-bond donors (Lipinski definition) is 2. The Hall–Kier alpha value is -1.82. The molecule has 7 heteroatoms.